The summed E-state index contributed by atoms with van der Waals surface area (Å²) < 4.78 is 5.35. The largest absolute Gasteiger partial charge is 0.497 e. The highest BCUT2D eigenvalue weighted by atomic mass is 16.5. The summed E-state index contributed by atoms with van der Waals surface area (Å²) in [6.07, 6.45) is 1.40. The minimum atomic E-state index is -0.163. The lowest BCUT2D eigenvalue weighted by Crippen LogP contribution is -2.29. The lowest BCUT2D eigenvalue weighted by Gasteiger charge is -2.37. The number of anilines is 1. The summed E-state index contributed by atoms with van der Waals surface area (Å²) >= 11 is 0. The second-order valence-corrected chi connectivity index (χ2v) is 8.89. The highest BCUT2D eigenvalue weighted by molar-refractivity contribution is 6.13. The fourth-order valence-corrected chi connectivity index (χ4v) is 5.45. The van der Waals surface area contributed by atoms with Gasteiger partial charge in [0.15, 0.2) is 5.78 Å². The van der Waals surface area contributed by atoms with Gasteiger partial charge in [0.1, 0.15) is 5.75 Å². The van der Waals surface area contributed by atoms with Crippen LogP contribution in [0.2, 0.25) is 0 Å². The summed E-state index contributed by atoms with van der Waals surface area (Å²) in [4.78, 5) is 13.7. The van der Waals surface area contributed by atoms with E-state index in [0.29, 0.717) is 6.42 Å². The van der Waals surface area contributed by atoms with Crippen molar-refractivity contribution in [2.24, 2.45) is 0 Å². The summed E-state index contributed by atoms with van der Waals surface area (Å²) in [5, 5.41) is 6.10. The van der Waals surface area contributed by atoms with E-state index in [1.54, 1.807) is 7.11 Å². The Morgan fingerprint density at radius 1 is 0.788 bits per heavy atom. The molecule has 162 valence electrons. The Bertz CT molecular complexity index is 1390. The van der Waals surface area contributed by atoms with Crippen molar-refractivity contribution < 1.29 is 9.53 Å². The molecule has 0 saturated carbocycles. The topological polar surface area (TPSA) is 38.3 Å². The van der Waals surface area contributed by atoms with Crippen LogP contribution in [0.25, 0.3) is 16.3 Å². The van der Waals surface area contributed by atoms with E-state index in [1.165, 1.54) is 27.5 Å². The molecule has 0 bridgehead atoms. The van der Waals surface area contributed by atoms with Gasteiger partial charge in [-0.1, -0.05) is 72.8 Å². The number of carbonyl (C=O) groups excluding carboxylic acids is 1. The predicted octanol–water partition coefficient (Wildman–Crippen LogP) is 6.92. The molecule has 0 amide bonds. The molecular formula is C30H25NO2. The van der Waals surface area contributed by atoms with Crippen molar-refractivity contribution in [2.45, 2.75) is 24.8 Å². The van der Waals surface area contributed by atoms with Crippen LogP contribution in [0.4, 0.5) is 5.69 Å². The van der Waals surface area contributed by atoms with E-state index in [9.17, 15) is 4.79 Å². The molecule has 1 heterocycles. The van der Waals surface area contributed by atoms with Crippen LogP contribution in [0.3, 0.4) is 0 Å². The Morgan fingerprint density at radius 2 is 1.55 bits per heavy atom. The van der Waals surface area contributed by atoms with Gasteiger partial charge >= 0.3 is 0 Å². The van der Waals surface area contributed by atoms with Gasteiger partial charge < -0.3 is 10.1 Å². The first-order valence-corrected chi connectivity index (χ1v) is 11.5. The number of methoxy groups -OCH3 is 1. The van der Waals surface area contributed by atoms with Crippen LogP contribution in [-0.4, -0.2) is 12.9 Å². The number of allylic oxidation sites excluding steroid dienone is 1. The summed E-state index contributed by atoms with van der Waals surface area (Å²) in [5.41, 5.74) is 6.69. The molecule has 4 aromatic rings. The molecule has 0 fully saturated rings. The van der Waals surface area contributed by atoms with Gasteiger partial charge in [0.2, 0.25) is 0 Å². The van der Waals surface area contributed by atoms with E-state index in [0.717, 1.165) is 29.0 Å². The summed E-state index contributed by atoms with van der Waals surface area (Å²) in [5.74, 6) is 1.24. The summed E-state index contributed by atoms with van der Waals surface area (Å²) in [6, 6.07) is 31.1. The lowest BCUT2D eigenvalue weighted by atomic mass is 9.71. The normalized spacial score (nSPS) is 19.6. The number of carbonyl (C=O) groups is 1. The fourth-order valence-electron chi connectivity index (χ4n) is 5.45. The number of nitrogens with one attached hydrogen (secondary N) is 1. The number of benzene rings is 4. The van der Waals surface area contributed by atoms with E-state index in [4.69, 9.17) is 4.74 Å². The zero-order chi connectivity index (χ0) is 22.4. The van der Waals surface area contributed by atoms with Gasteiger partial charge in [-0.05, 0) is 58.0 Å². The monoisotopic (exact) mass is 431 g/mol. The highest BCUT2D eigenvalue weighted by Gasteiger charge is 2.38. The number of ether oxygens (including phenoxy) is 1. The first-order chi connectivity index (χ1) is 16.2. The second kappa shape index (κ2) is 7.93. The molecule has 6 rings (SSSR count). The first kappa shape index (κ1) is 19.8. The zero-order valence-corrected chi connectivity index (χ0v) is 18.5. The molecule has 33 heavy (non-hydrogen) atoms. The molecule has 2 atom stereocenters. The molecule has 0 radical (unpaired) electrons. The second-order valence-electron chi connectivity index (χ2n) is 8.89. The predicted molar refractivity (Wildman–Crippen MR) is 134 cm³/mol. The van der Waals surface area contributed by atoms with E-state index >= 15 is 0 Å². The van der Waals surface area contributed by atoms with Crippen LogP contribution in [0.1, 0.15) is 41.5 Å². The highest BCUT2D eigenvalue weighted by Crippen LogP contribution is 2.51. The van der Waals surface area contributed by atoms with Gasteiger partial charge in [0.05, 0.1) is 13.2 Å². The van der Waals surface area contributed by atoms with Crippen LogP contribution >= 0.6 is 0 Å². The third-order valence-corrected chi connectivity index (χ3v) is 7.05. The Morgan fingerprint density at radius 3 is 2.33 bits per heavy atom. The average Bonchev–Trinajstić information content (AvgIpc) is 2.88. The maximum atomic E-state index is 13.7. The van der Waals surface area contributed by atoms with Gasteiger partial charge in [-0.25, -0.2) is 0 Å². The first-order valence-electron chi connectivity index (χ1n) is 11.5. The third kappa shape index (κ3) is 3.32. The Kier molecular flexibility index (Phi) is 4.76. The van der Waals surface area contributed by atoms with Crippen molar-refractivity contribution in [2.75, 3.05) is 12.4 Å². The number of ketones is 1. The number of fused-ring (bicyclic) bond motifs is 4. The van der Waals surface area contributed by atoms with E-state index in [1.807, 2.05) is 18.2 Å². The molecule has 3 nitrogen and oxygen atoms in total. The van der Waals surface area contributed by atoms with Gasteiger partial charge in [0.25, 0.3) is 0 Å². The molecule has 1 aliphatic heterocycles. The lowest BCUT2D eigenvalue weighted by molar-refractivity contribution is -0.116. The summed E-state index contributed by atoms with van der Waals surface area (Å²) in [6.45, 7) is 0. The van der Waals surface area contributed by atoms with E-state index in [-0.39, 0.29) is 17.7 Å². The minimum Gasteiger partial charge on any atom is -0.497 e. The number of hydrogen-bond acceptors (Lipinski definition) is 3. The minimum absolute atomic E-state index is 0.163. The van der Waals surface area contributed by atoms with Crippen molar-refractivity contribution >= 4 is 27.8 Å². The quantitative estimate of drug-likeness (QED) is 0.383. The van der Waals surface area contributed by atoms with E-state index < -0.39 is 0 Å². The van der Waals surface area contributed by atoms with Crippen molar-refractivity contribution in [3.05, 3.63) is 113 Å². The molecule has 0 spiro atoms. The Balaban J connectivity index is 1.56. The Labute approximate surface area is 193 Å². The standard InChI is InChI=1S/C30H25NO2/c1-33-23-14-11-21(12-15-23)30-29-25(17-22(18-27(29)32)19-7-3-2-4-8-19)28-24-10-6-5-9-20(24)13-16-26(28)31-30/h2-16,22,30-31H,17-18H2,1H3/t22-,30-/m0/s1. The maximum Gasteiger partial charge on any atom is 0.162 e. The van der Waals surface area contributed by atoms with Crippen molar-refractivity contribution in [1.29, 1.82) is 0 Å². The molecule has 3 heteroatoms. The van der Waals surface area contributed by atoms with Gasteiger partial charge in [-0.2, -0.15) is 0 Å². The van der Waals surface area contributed by atoms with Crippen molar-refractivity contribution in [3.8, 4) is 5.75 Å². The maximum absolute atomic E-state index is 13.7. The zero-order valence-electron chi connectivity index (χ0n) is 18.5. The molecule has 0 unspecified atom stereocenters. The molecule has 0 aromatic heterocycles. The van der Waals surface area contributed by atoms with Crippen LogP contribution in [0.5, 0.6) is 5.75 Å². The molecule has 2 aliphatic rings. The fraction of sp³-hybridized carbons (Fsp3) is 0.167. The van der Waals surface area contributed by atoms with Crippen LogP contribution < -0.4 is 10.1 Å². The third-order valence-electron chi connectivity index (χ3n) is 7.05. The molecule has 4 aromatic carbocycles. The van der Waals surface area contributed by atoms with Crippen molar-refractivity contribution in [3.63, 3.8) is 0 Å². The number of Topliss-reactive ketones (excluding diaryl/α,β-unsaturated/α-hetero) is 1. The molecule has 0 saturated heterocycles. The molecular weight excluding hydrogens is 406 g/mol. The van der Waals surface area contributed by atoms with Gasteiger partial charge in [-0.3, -0.25) is 4.79 Å². The van der Waals surface area contributed by atoms with Crippen LogP contribution in [0, 0.1) is 0 Å². The van der Waals surface area contributed by atoms with Crippen LogP contribution in [-0.2, 0) is 4.79 Å². The van der Waals surface area contributed by atoms with Crippen LogP contribution in [0.15, 0.2) is 96.6 Å². The van der Waals surface area contributed by atoms with Gasteiger partial charge in [0, 0.05) is 23.2 Å². The summed E-state index contributed by atoms with van der Waals surface area (Å²) in [7, 11) is 1.67. The Hall–Kier alpha value is -3.85. The SMILES string of the molecule is COc1ccc([C@@H]2Nc3ccc4ccccc4c3C3=C2C(=O)C[C@@H](c2ccccc2)C3)cc1. The van der Waals surface area contributed by atoms with E-state index in [2.05, 4.69) is 78.1 Å². The number of hydrogen-bond donors (Lipinski definition) is 1. The van der Waals surface area contributed by atoms with Gasteiger partial charge in [-0.15, -0.1) is 0 Å². The number of rotatable bonds is 3. The van der Waals surface area contributed by atoms with Crippen molar-refractivity contribution in [1.82, 2.24) is 0 Å². The average molecular weight is 432 g/mol. The molecule has 1 N–H and O–H groups in total. The smallest absolute Gasteiger partial charge is 0.162 e. The molecule has 1 aliphatic carbocycles.